The Balaban J connectivity index is -0.000000163. The fourth-order valence-electron chi connectivity index (χ4n) is 0.430. The molecule has 0 aromatic heterocycles. The van der Waals surface area contributed by atoms with E-state index in [-0.39, 0.29) is 37.7 Å². The Kier molecular flexibility index (Phi) is 25.3. The molecule has 0 aliphatic carbocycles. The minimum absolute atomic E-state index is 0. The van der Waals surface area contributed by atoms with Crippen molar-refractivity contribution in [1.29, 1.82) is 0 Å². The van der Waals surface area contributed by atoms with Crippen LogP contribution >= 0.6 is 16.5 Å². The molecule has 0 bridgehead atoms. The Hall–Kier alpha value is 1.56. The van der Waals surface area contributed by atoms with E-state index in [2.05, 4.69) is 11.2 Å². The van der Waals surface area contributed by atoms with Crippen molar-refractivity contribution < 1.29 is 28.3 Å². The van der Waals surface area contributed by atoms with Crippen molar-refractivity contribution in [2.45, 2.75) is 26.2 Å². The van der Waals surface area contributed by atoms with Crippen molar-refractivity contribution in [1.82, 2.24) is 0 Å². The van der Waals surface area contributed by atoms with Crippen LogP contribution in [0.2, 0.25) is 0 Å². The van der Waals surface area contributed by atoms with Crippen LogP contribution in [-0.4, -0.2) is 49.5 Å². The average molecular weight is 272 g/mol. The van der Waals surface area contributed by atoms with Crippen molar-refractivity contribution >= 4 is 54.2 Å². The van der Waals surface area contributed by atoms with Gasteiger partial charge in [-0.2, -0.15) is 0 Å². The third-order valence-corrected chi connectivity index (χ3v) is 2.26. The topological polar surface area (TPSA) is 110 Å². The van der Waals surface area contributed by atoms with E-state index in [0.717, 1.165) is 12.8 Å². The summed E-state index contributed by atoms with van der Waals surface area (Å²) < 4.78 is 21.8. The monoisotopic (exact) mass is 272 g/mol. The van der Waals surface area contributed by atoms with Gasteiger partial charge in [0.05, 0.1) is 0 Å². The second kappa shape index (κ2) is 17.0. The van der Waals surface area contributed by atoms with Crippen LogP contribution in [-0.2, 0) is 13.4 Å². The summed E-state index contributed by atoms with van der Waals surface area (Å²) in [5.74, 6) is 0. The van der Waals surface area contributed by atoms with E-state index in [1.165, 1.54) is 6.42 Å². The maximum Gasteiger partial charge on any atom is 2.00 e. The average Bonchev–Trinajstić information content (AvgIpc) is 1.99. The minimum atomic E-state index is -3.51. The number of hydrogen-bond acceptors (Lipinski definition) is 6. The van der Waals surface area contributed by atoms with Crippen LogP contribution in [0.15, 0.2) is 0 Å². The van der Waals surface area contributed by atoms with E-state index in [0.29, 0.717) is 6.61 Å². The number of rotatable bonds is 5. The minimum Gasteiger partial charge on any atom is -0.781 e. The van der Waals surface area contributed by atoms with Gasteiger partial charge in [-0.25, -0.2) is 0 Å². The standard InChI is InChI=1S/C5H12O.Ca.H4O5P2/c1-2-3-4-5-6;;1-6(2)5-7(3)4/h6H,2-5H2,1H3;;6-7H,(H,1,2)(H,3,4)/q;+2;/p-2. The zero-order valence-corrected chi connectivity index (χ0v) is 12.2. The summed E-state index contributed by atoms with van der Waals surface area (Å²) in [6.07, 6.45) is 3.33. The van der Waals surface area contributed by atoms with Crippen LogP contribution in [0.25, 0.3) is 0 Å². The Bertz CT molecular complexity index is 139. The van der Waals surface area contributed by atoms with E-state index in [1.54, 1.807) is 0 Å². The van der Waals surface area contributed by atoms with Gasteiger partial charge in [0.15, 0.2) is 0 Å². The second-order valence-electron chi connectivity index (χ2n) is 2.03. The molecule has 0 aromatic rings. The van der Waals surface area contributed by atoms with Crippen LogP contribution < -0.4 is 9.79 Å². The molecule has 0 saturated carbocycles. The predicted molar refractivity (Wildman–Crippen MR) is 51.5 cm³/mol. The molecule has 0 amide bonds. The molecule has 2 unspecified atom stereocenters. The first kappa shape index (κ1) is 20.9. The van der Waals surface area contributed by atoms with Gasteiger partial charge in [-0.05, 0) is 6.42 Å². The van der Waals surface area contributed by atoms with Crippen molar-refractivity contribution in [3.05, 3.63) is 0 Å². The Morgan fingerprint density at radius 1 is 1.21 bits per heavy atom. The van der Waals surface area contributed by atoms with Crippen LogP contribution in [0.4, 0.5) is 0 Å². The molecule has 9 heteroatoms. The molecule has 0 aromatic carbocycles. The van der Waals surface area contributed by atoms with Crippen LogP contribution in [0.1, 0.15) is 26.2 Å². The summed E-state index contributed by atoms with van der Waals surface area (Å²) in [6, 6.07) is 0. The van der Waals surface area contributed by atoms with Crippen LogP contribution in [0.3, 0.4) is 0 Å². The molecule has 6 nitrogen and oxygen atoms in total. The fraction of sp³-hybridized carbons (Fsp3) is 1.00. The van der Waals surface area contributed by atoms with Gasteiger partial charge in [0.1, 0.15) is 16.5 Å². The molecule has 0 radical (unpaired) electrons. The predicted octanol–water partition coefficient (Wildman–Crippen LogP) is -0.709. The Morgan fingerprint density at radius 3 is 1.71 bits per heavy atom. The zero-order chi connectivity index (χ0) is 10.7. The zero-order valence-electron chi connectivity index (χ0n) is 8.02. The first-order valence-corrected chi connectivity index (χ1v) is 6.20. The van der Waals surface area contributed by atoms with Gasteiger partial charge in [0.25, 0.3) is 0 Å². The number of hydrogen-bond donors (Lipinski definition) is 1. The van der Waals surface area contributed by atoms with E-state index >= 15 is 0 Å². The van der Waals surface area contributed by atoms with E-state index in [1.807, 2.05) is 0 Å². The van der Waals surface area contributed by atoms with Gasteiger partial charge in [0.2, 0.25) is 0 Å². The molecule has 82 valence electrons. The largest absolute Gasteiger partial charge is 2.00 e. The summed E-state index contributed by atoms with van der Waals surface area (Å²) in [5, 5.41) is 8.20. The van der Waals surface area contributed by atoms with Gasteiger partial charge in [-0.3, -0.25) is 4.31 Å². The van der Waals surface area contributed by atoms with Crippen LogP contribution in [0.5, 0.6) is 0 Å². The molecule has 0 aliphatic rings. The van der Waals surface area contributed by atoms with E-state index < -0.39 is 16.5 Å². The molecule has 0 aliphatic heterocycles. The number of aliphatic hydroxyl groups is 1. The number of unbranched alkanes of at least 4 members (excludes halogenated alkanes) is 2. The molecule has 0 rings (SSSR count). The number of aliphatic hydroxyl groups excluding tert-OH is 1. The quantitative estimate of drug-likeness (QED) is 0.402. The molecule has 0 spiro atoms. The van der Waals surface area contributed by atoms with Gasteiger partial charge >= 0.3 is 37.7 Å². The third-order valence-electron chi connectivity index (χ3n) is 0.928. The maximum atomic E-state index is 9.29. The van der Waals surface area contributed by atoms with Crippen LogP contribution in [0, 0.1) is 0 Å². The molecule has 2 atom stereocenters. The van der Waals surface area contributed by atoms with E-state index in [9.17, 15) is 18.9 Å². The first-order valence-electron chi connectivity index (χ1n) is 3.75. The first-order chi connectivity index (χ1) is 6.04. The molecule has 14 heavy (non-hydrogen) atoms. The van der Waals surface area contributed by atoms with Gasteiger partial charge in [0, 0.05) is 6.61 Å². The molecule has 0 fully saturated rings. The molecule has 0 saturated heterocycles. The normalized spacial score (nSPS) is 13.1. The van der Waals surface area contributed by atoms with Crippen molar-refractivity contribution in [3.63, 3.8) is 0 Å². The summed E-state index contributed by atoms with van der Waals surface area (Å²) in [4.78, 5) is 18.6. The maximum absolute atomic E-state index is 9.29. The summed E-state index contributed by atoms with van der Waals surface area (Å²) in [6.45, 7) is 2.48. The van der Waals surface area contributed by atoms with Gasteiger partial charge < -0.3 is 24.0 Å². The smallest absolute Gasteiger partial charge is 0.781 e. The van der Waals surface area contributed by atoms with Crippen molar-refractivity contribution in [2.75, 3.05) is 6.61 Å². The second-order valence-corrected chi connectivity index (χ2v) is 3.85. The summed E-state index contributed by atoms with van der Waals surface area (Å²) in [5.41, 5.74) is 0. The SMILES string of the molecule is CCCCCO.O=[PH]([O-])O[PH](=O)[O-].[Ca+2]. The van der Waals surface area contributed by atoms with Gasteiger partial charge in [-0.1, -0.05) is 19.8 Å². The van der Waals surface area contributed by atoms with Crippen molar-refractivity contribution in [3.8, 4) is 0 Å². The van der Waals surface area contributed by atoms with Gasteiger partial charge in [-0.15, -0.1) is 0 Å². The molecule has 0 heterocycles. The van der Waals surface area contributed by atoms with E-state index in [4.69, 9.17) is 5.11 Å². The molecular weight excluding hydrogens is 258 g/mol. The summed E-state index contributed by atoms with van der Waals surface area (Å²) in [7, 11) is -7.03. The third kappa shape index (κ3) is 29.2. The molecular formula is C5H14CaO6P2. The molecule has 1 N–H and O–H groups in total. The Morgan fingerprint density at radius 2 is 1.64 bits per heavy atom. The Labute approximate surface area is 115 Å². The summed E-state index contributed by atoms with van der Waals surface area (Å²) >= 11 is 0. The fourth-order valence-corrected chi connectivity index (χ4v) is 0.974. The van der Waals surface area contributed by atoms with Crippen molar-refractivity contribution in [2.24, 2.45) is 0 Å².